The fourth-order valence-electron chi connectivity index (χ4n) is 1.14. The van der Waals surface area contributed by atoms with Crippen LogP contribution in [0.25, 0.3) is 0 Å². The van der Waals surface area contributed by atoms with Gasteiger partial charge in [0.2, 0.25) is 5.91 Å². The van der Waals surface area contributed by atoms with Crippen LogP contribution in [0.5, 0.6) is 0 Å². The van der Waals surface area contributed by atoms with Crippen molar-refractivity contribution in [2.45, 2.75) is 25.8 Å². The highest BCUT2D eigenvalue weighted by Crippen LogP contribution is 2.09. The monoisotopic (exact) mass is 227 g/mol. The molecular formula is C10H13NO3S. The quantitative estimate of drug-likeness (QED) is 0.796. The third kappa shape index (κ3) is 3.71. The van der Waals surface area contributed by atoms with Crippen molar-refractivity contribution in [2.24, 2.45) is 0 Å². The predicted molar refractivity (Wildman–Crippen MR) is 57.9 cm³/mol. The van der Waals surface area contributed by atoms with E-state index in [-0.39, 0.29) is 5.91 Å². The van der Waals surface area contributed by atoms with E-state index in [9.17, 15) is 9.59 Å². The van der Waals surface area contributed by atoms with Crippen molar-refractivity contribution in [3.63, 3.8) is 0 Å². The number of carboxylic acid groups (broad SMARTS) is 1. The summed E-state index contributed by atoms with van der Waals surface area (Å²) in [7, 11) is 0. The Morgan fingerprint density at radius 3 is 2.80 bits per heavy atom. The van der Waals surface area contributed by atoms with E-state index in [0.29, 0.717) is 12.8 Å². The minimum atomic E-state index is -0.997. The van der Waals surface area contributed by atoms with E-state index >= 15 is 0 Å². The zero-order valence-corrected chi connectivity index (χ0v) is 9.21. The number of rotatable bonds is 5. The first-order valence-corrected chi connectivity index (χ1v) is 5.61. The molecule has 0 bridgehead atoms. The molecule has 1 amide bonds. The van der Waals surface area contributed by atoms with E-state index in [0.717, 1.165) is 5.56 Å². The number of nitrogens with one attached hydrogen (secondary N) is 1. The second kappa shape index (κ2) is 5.50. The average Bonchev–Trinajstić information content (AvgIpc) is 2.69. The molecule has 1 heterocycles. The van der Waals surface area contributed by atoms with Gasteiger partial charge in [-0.05, 0) is 22.4 Å². The molecule has 1 unspecified atom stereocenters. The van der Waals surface area contributed by atoms with Gasteiger partial charge in [0.1, 0.15) is 6.04 Å². The van der Waals surface area contributed by atoms with E-state index in [1.54, 1.807) is 6.92 Å². The molecule has 4 nitrogen and oxygen atoms in total. The summed E-state index contributed by atoms with van der Waals surface area (Å²) in [5.41, 5.74) is 0.934. The third-order valence-electron chi connectivity index (χ3n) is 1.97. The minimum absolute atomic E-state index is 0.238. The second-order valence-corrected chi connectivity index (χ2v) is 3.93. The largest absolute Gasteiger partial charge is 0.480 e. The molecule has 0 aromatic carbocycles. The van der Waals surface area contributed by atoms with Crippen LogP contribution in [0.15, 0.2) is 16.8 Å². The zero-order chi connectivity index (χ0) is 11.3. The van der Waals surface area contributed by atoms with Gasteiger partial charge in [0.05, 0.1) is 0 Å². The molecule has 1 atom stereocenters. The summed E-state index contributed by atoms with van der Waals surface area (Å²) in [4.78, 5) is 21.9. The van der Waals surface area contributed by atoms with Gasteiger partial charge < -0.3 is 10.4 Å². The molecule has 82 valence electrons. The summed E-state index contributed by atoms with van der Waals surface area (Å²) in [6.45, 7) is 1.69. The number of carbonyl (C=O) groups excluding carboxylic acids is 1. The number of carboxylic acids is 1. The summed E-state index contributed by atoms with van der Waals surface area (Å²) in [5.74, 6) is -1.24. The summed E-state index contributed by atoms with van der Waals surface area (Å²) in [5, 5.41) is 15.1. The lowest BCUT2D eigenvalue weighted by atomic mass is 10.1. The summed E-state index contributed by atoms with van der Waals surface area (Å²) in [6, 6.07) is 1.03. The molecule has 0 aliphatic carbocycles. The van der Waals surface area contributed by atoms with Gasteiger partial charge in [-0.3, -0.25) is 4.79 Å². The lowest BCUT2D eigenvalue weighted by Gasteiger charge is -2.12. The molecule has 0 fully saturated rings. The standard InChI is InChI=1S/C10H13NO3S/c1-2-9(12)11-8(10(13)14)5-7-3-4-15-6-7/h3-4,6,8H,2,5H2,1H3,(H,11,12)(H,13,14). The van der Waals surface area contributed by atoms with Gasteiger partial charge in [0.25, 0.3) is 0 Å². The Kier molecular flexibility index (Phi) is 4.30. The first-order chi connectivity index (χ1) is 7.13. The maximum atomic E-state index is 11.1. The van der Waals surface area contributed by atoms with Crippen LogP contribution in [0.4, 0.5) is 0 Å². The van der Waals surface area contributed by atoms with Crippen molar-refractivity contribution >= 4 is 23.2 Å². The van der Waals surface area contributed by atoms with Gasteiger partial charge in [-0.15, -0.1) is 0 Å². The number of hydrogen-bond donors (Lipinski definition) is 2. The molecule has 0 radical (unpaired) electrons. The Hall–Kier alpha value is -1.36. The van der Waals surface area contributed by atoms with Crippen LogP contribution in [0.3, 0.4) is 0 Å². The van der Waals surface area contributed by atoms with Crippen LogP contribution in [0, 0.1) is 0 Å². The highest BCUT2D eigenvalue weighted by Gasteiger charge is 2.19. The molecule has 0 spiro atoms. The van der Waals surface area contributed by atoms with Crippen LogP contribution >= 0.6 is 11.3 Å². The van der Waals surface area contributed by atoms with Crippen molar-refractivity contribution in [2.75, 3.05) is 0 Å². The van der Waals surface area contributed by atoms with Gasteiger partial charge in [-0.25, -0.2) is 4.79 Å². The number of carbonyl (C=O) groups is 2. The van der Waals surface area contributed by atoms with Crippen molar-refractivity contribution in [3.05, 3.63) is 22.4 Å². The van der Waals surface area contributed by atoms with Gasteiger partial charge >= 0.3 is 5.97 Å². The number of aliphatic carboxylic acids is 1. The zero-order valence-electron chi connectivity index (χ0n) is 8.40. The lowest BCUT2D eigenvalue weighted by molar-refractivity contribution is -0.141. The van der Waals surface area contributed by atoms with E-state index in [1.165, 1.54) is 11.3 Å². The molecule has 1 rings (SSSR count). The predicted octanol–water partition coefficient (Wildman–Crippen LogP) is 1.27. The van der Waals surface area contributed by atoms with Gasteiger partial charge in [-0.1, -0.05) is 6.92 Å². The molecule has 1 aromatic rings. The smallest absolute Gasteiger partial charge is 0.326 e. The first kappa shape index (κ1) is 11.7. The van der Waals surface area contributed by atoms with Crippen LogP contribution in [0.2, 0.25) is 0 Å². The highest BCUT2D eigenvalue weighted by molar-refractivity contribution is 7.07. The second-order valence-electron chi connectivity index (χ2n) is 3.15. The van der Waals surface area contributed by atoms with Crippen molar-refractivity contribution < 1.29 is 14.7 Å². The van der Waals surface area contributed by atoms with Crippen molar-refractivity contribution in [1.82, 2.24) is 5.32 Å². The summed E-state index contributed by atoms with van der Waals surface area (Å²) >= 11 is 1.51. The molecule has 0 saturated heterocycles. The van der Waals surface area contributed by atoms with Gasteiger partial charge in [-0.2, -0.15) is 11.3 Å². The topological polar surface area (TPSA) is 66.4 Å². The van der Waals surface area contributed by atoms with Crippen molar-refractivity contribution in [1.29, 1.82) is 0 Å². The Labute approximate surface area is 91.9 Å². The number of hydrogen-bond acceptors (Lipinski definition) is 3. The van der Waals surface area contributed by atoms with Crippen LogP contribution in [0.1, 0.15) is 18.9 Å². The fraction of sp³-hybridized carbons (Fsp3) is 0.400. The minimum Gasteiger partial charge on any atom is -0.480 e. The Bertz CT molecular complexity index is 334. The van der Waals surface area contributed by atoms with Gasteiger partial charge in [0, 0.05) is 12.8 Å². The Balaban J connectivity index is 2.59. The summed E-state index contributed by atoms with van der Waals surface area (Å²) in [6.07, 6.45) is 0.637. The highest BCUT2D eigenvalue weighted by atomic mass is 32.1. The first-order valence-electron chi connectivity index (χ1n) is 4.66. The maximum Gasteiger partial charge on any atom is 0.326 e. The van der Waals surface area contributed by atoms with Crippen LogP contribution in [-0.4, -0.2) is 23.0 Å². The fourth-order valence-corrected chi connectivity index (χ4v) is 1.82. The lowest BCUT2D eigenvalue weighted by Crippen LogP contribution is -2.41. The molecule has 1 aromatic heterocycles. The molecule has 2 N–H and O–H groups in total. The number of thiophene rings is 1. The Morgan fingerprint density at radius 1 is 1.60 bits per heavy atom. The van der Waals surface area contributed by atoms with Crippen molar-refractivity contribution in [3.8, 4) is 0 Å². The Morgan fingerprint density at radius 2 is 2.33 bits per heavy atom. The normalized spacial score (nSPS) is 12.1. The molecule has 0 aliphatic rings. The van der Waals surface area contributed by atoms with Gasteiger partial charge in [0.15, 0.2) is 0 Å². The average molecular weight is 227 g/mol. The van der Waals surface area contributed by atoms with E-state index < -0.39 is 12.0 Å². The molecular weight excluding hydrogens is 214 g/mol. The summed E-state index contributed by atoms with van der Waals surface area (Å²) < 4.78 is 0. The van der Waals surface area contributed by atoms with Crippen LogP contribution in [-0.2, 0) is 16.0 Å². The van der Waals surface area contributed by atoms with E-state index in [1.807, 2.05) is 16.8 Å². The van der Waals surface area contributed by atoms with E-state index in [4.69, 9.17) is 5.11 Å². The van der Waals surface area contributed by atoms with Crippen LogP contribution < -0.4 is 5.32 Å². The molecule has 15 heavy (non-hydrogen) atoms. The molecule has 0 aliphatic heterocycles. The van der Waals surface area contributed by atoms with E-state index in [2.05, 4.69) is 5.32 Å². The third-order valence-corrected chi connectivity index (χ3v) is 2.71. The maximum absolute atomic E-state index is 11.1. The SMILES string of the molecule is CCC(=O)NC(Cc1ccsc1)C(=O)O. The molecule has 5 heteroatoms. The molecule has 0 saturated carbocycles. The number of amides is 1.